The van der Waals surface area contributed by atoms with Crippen molar-refractivity contribution in [2.45, 2.75) is 6.92 Å². The van der Waals surface area contributed by atoms with E-state index in [1.165, 1.54) is 13.2 Å². The Morgan fingerprint density at radius 3 is 2.87 bits per heavy atom. The zero-order valence-electron chi connectivity index (χ0n) is 8.50. The fourth-order valence-corrected chi connectivity index (χ4v) is 1.73. The van der Waals surface area contributed by atoms with Crippen LogP contribution in [0, 0.1) is 6.92 Å². The summed E-state index contributed by atoms with van der Waals surface area (Å²) in [6.45, 7) is 1.87. The fourth-order valence-electron chi connectivity index (χ4n) is 1.73. The second-order valence-corrected chi connectivity index (χ2v) is 3.36. The van der Waals surface area contributed by atoms with Crippen molar-refractivity contribution in [3.05, 3.63) is 23.4 Å². The maximum atomic E-state index is 10.9. The normalized spacial score (nSPS) is 10.5. The van der Waals surface area contributed by atoms with Crippen LogP contribution in [0.4, 0.5) is 0 Å². The van der Waals surface area contributed by atoms with Crippen molar-refractivity contribution in [3.8, 4) is 11.5 Å². The van der Waals surface area contributed by atoms with Gasteiger partial charge in [-0.25, -0.2) is 0 Å². The van der Waals surface area contributed by atoms with E-state index in [9.17, 15) is 9.90 Å². The van der Waals surface area contributed by atoms with Gasteiger partial charge in [-0.2, -0.15) is 0 Å². The summed E-state index contributed by atoms with van der Waals surface area (Å²) in [6, 6.07) is 1.53. The molecule has 1 aromatic heterocycles. The van der Waals surface area contributed by atoms with E-state index >= 15 is 0 Å². The lowest BCUT2D eigenvalue weighted by Gasteiger charge is -2.06. The molecule has 15 heavy (non-hydrogen) atoms. The maximum Gasteiger partial charge on any atom is 0.182 e. The Balaban J connectivity index is 2.92. The van der Waals surface area contributed by atoms with Gasteiger partial charge < -0.3 is 14.8 Å². The molecule has 1 aromatic carbocycles. The average Bonchev–Trinajstić information content (AvgIpc) is 2.63. The Labute approximate surface area is 86.5 Å². The topological polar surface area (TPSA) is 62.3 Å². The Kier molecular flexibility index (Phi) is 2.11. The molecule has 4 nitrogen and oxygen atoms in total. The number of aryl methyl sites for hydroxylation is 1. The van der Waals surface area contributed by atoms with Crippen LogP contribution in [0.15, 0.2) is 12.3 Å². The summed E-state index contributed by atoms with van der Waals surface area (Å²) in [7, 11) is 1.45. The van der Waals surface area contributed by atoms with Crippen molar-refractivity contribution in [2.24, 2.45) is 0 Å². The molecule has 2 aromatic rings. The molecule has 0 aliphatic rings. The SMILES string of the molecule is COc1cc(C=O)c2c(C)c[nH]c2c1O. The molecule has 0 aliphatic heterocycles. The number of nitrogens with one attached hydrogen (secondary N) is 1. The first-order valence-corrected chi connectivity index (χ1v) is 4.52. The molecule has 0 atom stereocenters. The number of aromatic hydroxyl groups is 1. The lowest BCUT2D eigenvalue weighted by molar-refractivity contribution is 0.112. The number of ether oxygens (including phenoxy) is 1. The number of aromatic nitrogens is 1. The summed E-state index contributed by atoms with van der Waals surface area (Å²) in [5.74, 6) is 0.331. The highest BCUT2D eigenvalue weighted by atomic mass is 16.5. The minimum Gasteiger partial charge on any atom is -0.503 e. The van der Waals surface area contributed by atoms with Crippen molar-refractivity contribution in [1.82, 2.24) is 4.98 Å². The standard InChI is InChI=1S/C11H11NO3/c1-6-4-12-10-9(6)7(5-13)3-8(15-2)11(10)14/h3-5,12,14H,1-2H3. The molecule has 0 unspecified atom stereocenters. The van der Waals surface area contributed by atoms with Gasteiger partial charge in [0.2, 0.25) is 0 Å². The number of hydrogen-bond donors (Lipinski definition) is 2. The predicted octanol–water partition coefficient (Wildman–Crippen LogP) is 2.00. The maximum absolute atomic E-state index is 10.9. The van der Waals surface area contributed by atoms with Gasteiger partial charge in [-0.15, -0.1) is 0 Å². The summed E-state index contributed by atoms with van der Waals surface area (Å²) in [5, 5.41) is 10.5. The molecule has 0 radical (unpaired) electrons. The summed E-state index contributed by atoms with van der Waals surface area (Å²) in [5.41, 5.74) is 1.97. The Morgan fingerprint density at radius 2 is 2.27 bits per heavy atom. The number of phenols is 1. The number of H-pyrrole nitrogens is 1. The quantitative estimate of drug-likeness (QED) is 0.737. The highest BCUT2D eigenvalue weighted by Crippen LogP contribution is 2.36. The van der Waals surface area contributed by atoms with Gasteiger partial charge in [0, 0.05) is 17.1 Å². The molecule has 0 saturated carbocycles. The third kappa shape index (κ3) is 1.26. The molecule has 2 N–H and O–H groups in total. The number of aromatic amines is 1. The van der Waals surface area contributed by atoms with Crippen LogP contribution in [0.5, 0.6) is 11.5 Å². The fraction of sp³-hybridized carbons (Fsp3) is 0.182. The van der Waals surface area contributed by atoms with Gasteiger partial charge in [0.15, 0.2) is 17.8 Å². The van der Waals surface area contributed by atoms with Crippen molar-refractivity contribution < 1.29 is 14.6 Å². The second-order valence-electron chi connectivity index (χ2n) is 3.36. The largest absolute Gasteiger partial charge is 0.503 e. The van der Waals surface area contributed by atoms with Crippen LogP contribution in [-0.2, 0) is 0 Å². The first kappa shape index (κ1) is 9.58. The second kappa shape index (κ2) is 3.31. The molecular weight excluding hydrogens is 194 g/mol. The molecule has 0 fully saturated rings. The molecule has 0 saturated heterocycles. The van der Waals surface area contributed by atoms with E-state index in [4.69, 9.17) is 4.74 Å². The number of carbonyl (C=O) groups is 1. The van der Waals surface area contributed by atoms with Crippen molar-refractivity contribution in [1.29, 1.82) is 0 Å². The zero-order chi connectivity index (χ0) is 11.0. The van der Waals surface area contributed by atoms with E-state index in [1.54, 1.807) is 6.20 Å². The van der Waals surface area contributed by atoms with Crippen LogP contribution in [-0.4, -0.2) is 23.5 Å². The molecule has 0 spiro atoms. The highest BCUT2D eigenvalue weighted by Gasteiger charge is 2.14. The van der Waals surface area contributed by atoms with Gasteiger partial charge in [-0.05, 0) is 18.6 Å². The number of aldehydes is 1. The van der Waals surface area contributed by atoms with Crippen molar-refractivity contribution in [2.75, 3.05) is 7.11 Å². The van der Waals surface area contributed by atoms with Gasteiger partial charge >= 0.3 is 0 Å². The minimum absolute atomic E-state index is 0.0335. The van der Waals surface area contributed by atoms with Gasteiger partial charge in [0.1, 0.15) is 0 Å². The van der Waals surface area contributed by atoms with Crippen molar-refractivity contribution in [3.63, 3.8) is 0 Å². The number of fused-ring (bicyclic) bond motifs is 1. The monoisotopic (exact) mass is 205 g/mol. The molecule has 78 valence electrons. The third-order valence-electron chi connectivity index (χ3n) is 2.47. The summed E-state index contributed by atoms with van der Waals surface area (Å²) in [4.78, 5) is 13.8. The lowest BCUT2D eigenvalue weighted by atomic mass is 10.1. The number of carbonyl (C=O) groups excluding carboxylic acids is 1. The highest BCUT2D eigenvalue weighted by molar-refractivity contribution is 6.02. The Hall–Kier alpha value is -1.97. The van der Waals surface area contributed by atoms with E-state index in [-0.39, 0.29) is 5.75 Å². The molecule has 0 amide bonds. The van der Waals surface area contributed by atoms with E-state index in [0.717, 1.165) is 17.2 Å². The van der Waals surface area contributed by atoms with Crippen molar-refractivity contribution >= 4 is 17.2 Å². The summed E-state index contributed by atoms with van der Waals surface area (Å²) < 4.78 is 4.98. The number of phenolic OH excluding ortho intramolecular Hbond substituents is 1. The predicted molar refractivity (Wildman–Crippen MR) is 56.6 cm³/mol. The minimum atomic E-state index is 0.0335. The van der Waals surface area contributed by atoms with Crippen LogP contribution in [0.2, 0.25) is 0 Å². The number of hydrogen-bond acceptors (Lipinski definition) is 3. The van der Waals surface area contributed by atoms with Crippen LogP contribution in [0.3, 0.4) is 0 Å². The van der Waals surface area contributed by atoms with E-state index in [1.807, 2.05) is 6.92 Å². The van der Waals surface area contributed by atoms with Crippen LogP contribution in [0.25, 0.3) is 10.9 Å². The molecule has 0 aliphatic carbocycles. The summed E-state index contributed by atoms with van der Waals surface area (Å²) in [6.07, 6.45) is 2.50. The van der Waals surface area contributed by atoms with Gasteiger partial charge in [-0.1, -0.05) is 0 Å². The number of methoxy groups -OCH3 is 1. The number of benzene rings is 1. The Bertz CT molecular complexity index is 528. The molecular formula is C11H11NO3. The van der Waals surface area contributed by atoms with E-state index in [0.29, 0.717) is 16.8 Å². The zero-order valence-corrected chi connectivity index (χ0v) is 8.50. The van der Waals surface area contributed by atoms with Gasteiger partial charge in [0.05, 0.1) is 12.6 Å². The first-order valence-electron chi connectivity index (χ1n) is 4.52. The lowest BCUT2D eigenvalue weighted by Crippen LogP contribution is -1.89. The molecule has 4 heteroatoms. The summed E-state index contributed by atoms with van der Waals surface area (Å²) >= 11 is 0. The molecule has 0 bridgehead atoms. The van der Waals surface area contributed by atoms with Crippen LogP contribution in [0.1, 0.15) is 15.9 Å². The molecule has 2 rings (SSSR count). The Morgan fingerprint density at radius 1 is 1.53 bits per heavy atom. The third-order valence-corrected chi connectivity index (χ3v) is 2.47. The van der Waals surface area contributed by atoms with Gasteiger partial charge in [-0.3, -0.25) is 4.79 Å². The van der Waals surface area contributed by atoms with E-state index in [2.05, 4.69) is 4.98 Å². The molecule has 1 heterocycles. The smallest absolute Gasteiger partial charge is 0.182 e. The van der Waals surface area contributed by atoms with Crippen LogP contribution < -0.4 is 4.74 Å². The number of rotatable bonds is 2. The van der Waals surface area contributed by atoms with E-state index < -0.39 is 0 Å². The average molecular weight is 205 g/mol. The van der Waals surface area contributed by atoms with Gasteiger partial charge in [0.25, 0.3) is 0 Å². The first-order chi connectivity index (χ1) is 7.19. The van der Waals surface area contributed by atoms with Crippen LogP contribution >= 0.6 is 0 Å².